The molecule has 1 aromatic carbocycles. The molecule has 1 amide bonds. The number of carbonyl (C=O) groups is 1. The normalized spacial score (nSPS) is 11.0. The Bertz CT molecular complexity index is 916. The summed E-state index contributed by atoms with van der Waals surface area (Å²) < 4.78 is 1.31. The van der Waals surface area contributed by atoms with Crippen LogP contribution in [0.2, 0.25) is 5.02 Å². The number of hydrogen-bond donors (Lipinski definition) is 2. The average molecular weight is 393 g/mol. The van der Waals surface area contributed by atoms with Crippen molar-refractivity contribution in [1.82, 2.24) is 9.55 Å². The molecule has 0 aliphatic heterocycles. The number of benzene rings is 1. The minimum absolute atomic E-state index is 0.000151. The monoisotopic (exact) mass is 392 g/mol. The maximum atomic E-state index is 13.1. The summed E-state index contributed by atoms with van der Waals surface area (Å²) in [4.78, 5) is 41.4. The molecule has 1 heterocycles. The zero-order valence-corrected chi connectivity index (χ0v) is 16.5. The number of aromatic amines is 1. The van der Waals surface area contributed by atoms with Gasteiger partial charge < -0.3 is 10.6 Å². The third-order valence-electron chi connectivity index (χ3n) is 4.10. The first kappa shape index (κ1) is 20.8. The lowest BCUT2D eigenvalue weighted by Gasteiger charge is -2.26. The number of carbonyl (C=O) groups excluding carboxylic acids is 1. The van der Waals surface area contributed by atoms with Gasteiger partial charge in [0, 0.05) is 23.7 Å². The van der Waals surface area contributed by atoms with Crippen molar-refractivity contribution in [2.45, 2.75) is 40.2 Å². The number of nitrogens with zero attached hydrogens (tertiary/aromatic N) is 2. The molecule has 1 aromatic heterocycles. The van der Waals surface area contributed by atoms with Gasteiger partial charge in [-0.2, -0.15) is 0 Å². The Kier molecular flexibility index (Phi) is 6.85. The van der Waals surface area contributed by atoms with Gasteiger partial charge in [-0.1, -0.05) is 38.8 Å². The van der Waals surface area contributed by atoms with E-state index in [1.807, 2.05) is 20.8 Å². The van der Waals surface area contributed by atoms with E-state index < -0.39 is 11.2 Å². The number of nitrogens with one attached hydrogen (secondary N) is 1. The van der Waals surface area contributed by atoms with E-state index >= 15 is 0 Å². The van der Waals surface area contributed by atoms with Crippen LogP contribution in [0.3, 0.4) is 0 Å². The molecule has 0 aliphatic carbocycles. The van der Waals surface area contributed by atoms with Crippen LogP contribution < -0.4 is 21.9 Å². The fourth-order valence-corrected chi connectivity index (χ4v) is 2.89. The van der Waals surface area contributed by atoms with Crippen molar-refractivity contribution in [3.63, 3.8) is 0 Å². The Morgan fingerprint density at radius 2 is 1.89 bits per heavy atom. The van der Waals surface area contributed by atoms with Crippen LogP contribution in [0.25, 0.3) is 0 Å². The molecular weight excluding hydrogens is 368 g/mol. The molecule has 2 rings (SSSR count). The molecule has 7 nitrogen and oxygen atoms in total. The Labute approximate surface area is 162 Å². The van der Waals surface area contributed by atoms with Gasteiger partial charge in [0.05, 0.1) is 0 Å². The summed E-state index contributed by atoms with van der Waals surface area (Å²) in [6.45, 7) is 6.50. The molecule has 0 aliphatic rings. The van der Waals surface area contributed by atoms with E-state index in [4.69, 9.17) is 17.3 Å². The summed E-state index contributed by atoms with van der Waals surface area (Å²) in [5.41, 5.74) is 5.31. The Morgan fingerprint density at radius 3 is 2.44 bits per heavy atom. The van der Waals surface area contributed by atoms with Gasteiger partial charge in [-0.15, -0.1) is 0 Å². The number of rotatable bonds is 7. The lowest BCUT2D eigenvalue weighted by Crippen LogP contribution is -2.42. The van der Waals surface area contributed by atoms with E-state index in [1.165, 1.54) is 9.47 Å². The topological polar surface area (TPSA) is 101 Å². The van der Waals surface area contributed by atoms with E-state index in [-0.39, 0.29) is 29.9 Å². The van der Waals surface area contributed by atoms with E-state index in [0.717, 1.165) is 12.8 Å². The second-order valence-corrected chi connectivity index (χ2v) is 7.25. The number of anilines is 2. The summed E-state index contributed by atoms with van der Waals surface area (Å²) in [6, 6.07) is 6.40. The Balaban J connectivity index is 2.59. The number of H-pyrrole nitrogens is 1. The van der Waals surface area contributed by atoms with Crippen molar-refractivity contribution in [2.24, 2.45) is 5.92 Å². The number of nitrogen functional groups attached to an aromatic ring is 1. The van der Waals surface area contributed by atoms with Gasteiger partial charge in [-0.25, -0.2) is 4.79 Å². The van der Waals surface area contributed by atoms with Gasteiger partial charge in [0.15, 0.2) is 5.69 Å². The number of halogens is 1. The first-order valence-electron chi connectivity index (χ1n) is 8.96. The van der Waals surface area contributed by atoms with Crippen molar-refractivity contribution in [2.75, 3.05) is 17.2 Å². The van der Waals surface area contributed by atoms with Crippen LogP contribution in [0.5, 0.6) is 0 Å². The predicted molar refractivity (Wildman–Crippen MR) is 109 cm³/mol. The SMILES string of the molecule is CCCCn1c(N)c(N(CC(C)C)C(=O)c2ccc(Cl)cc2)c(=O)[nH]c1=O. The molecule has 3 N–H and O–H groups in total. The maximum absolute atomic E-state index is 13.1. The van der Waals surface area contributed by atoms with Gasteiger partial charge in [0.2, 0.25) is 0 Å². The highest BCUT2D eigenvalue weighted by Gasteiger charge is 2.25. The minimum atomic E-state index is -0.673. The minimum Gasteiger partial charge on any atom is -0.383 e. The van der Waals surface area contributed by atoms with Gasteiger partial charge in [-0.05, 0) is 36.6 Å². The fraction of sp³-hybridized carbons (Fsp3) is 0.421. The molecule has 0 unspecified atom stereocenters. The molecule has 0 atom stereocenters. The molecule has 0 radical (unpaired) electrons. The van der Waals surface area contributed by atoms with Gasteiger partial charge in [0.25, 0.3) is 11.5 Å². The van der Waals surface area contributed by atoms with Crippen LogP contribution in [0.4, 0.5) is 11.5 Å². The molecule has 8 heteroatoms. The average Bonchev–Trinajstić information content (AvgIpc) is 2.60. The van der Waals surface area contributed by atoms with Crippen molar-refractivity contribution in [3.8, 4) is 0 Å². The lowest BCUT2D eigenvalue weighted by atomic mass is 10.1. The number of nitrogens with two attached hydrogens (primary N) is 1. The number of hydrogen-bond acceptors (Lipinski definition) is 4. The largest absolute Gasteiger partial charge is 0.383 e. The van der Waals surface area contributed by atoms with E-state index in [0.29, 0.717) is 17.1 Å². The highest BCUT2D eigenvalue weighted by molar-refractivity contribution is 6.30. The summed E-state index contributed by atoms with van der Waals surface area (Å²) in [5, 5.41) is 0.507. The Morgan fingerprint density at radius 1 is 1.26 bits per heavy atom. The lowest BCUT2D eigenvalue weighted by molar-refractivity contribution is 0.0983. The van der Waals surface area contributed by atoms with Crippen molar-refractivity contribution >= 4 is 29.0 Å². The van der Waals surface area contributed by atoms with Crippen LogP contribution in [-0.2, 0) is 6.54 Å². The zero-order chi connectivity index (χ0) is 20.1. The van der Waals surface area contributed by atoms with Crippen LogP contribution in [0.15, 0.2) is 33.9 Å². The van der Waals surface area contributed by atoms with Crippen molar-refractivity contribution in [1.29, 1.82) is 0 Å². The fourth-order valence-electron chi connectivity index (χ4n) is 2.77. The molecule has 0 bridgehead atoms. The quantitative estimate of drug-likeness (QED) is 0.756. The smallest absolute Gasteiger partial charge is 0.330 e. The summed E-state index contributed by atoms with van der Waals surface area (Å²) >= 11 is 5.90. The third-order valence-corrected chi connectivity index (χ3v) is 4.36. The molecule has 0 saturated heterocycles. The highest BCUT2D eigenvalue weighted by Crippen LogP contribution is 2.22. The van der Waals surface area contributed by atoms with E-state index in [9.17, 15) is 14.4 Å². The number of amides is 1. The first-order valence-corrected chi connectivity index (χ1v) is 9.34. The van der Waals surface area contributed by atoms with Crippen LogP contribution in [0, 0.1) is 5.92 Å². The van der Waals surface area contributed by atoms with Crippen molar-refractivity contribution in [3.05, 3.63) is 55.7 Å². The summed E-state index contributed by atoms with van der Waals surface area (Å²) in [6.07, 6.45) is 1.59. The number of aromatic nitrogens is 2. The summed E-state index contributed by atoms with van der Waals surface area (Å²) in [5.74, 6) is -0.297. The highest BCUT2D eigenvalue weighted by atomic mass is 35.5. The number of unbranched alkanes of at least 4 members (excludes halogenated alkanes) is 1. The Hall–Kier alpha value is -2.54. The predicted octanol–water partition coefficient (Wildman–Crippen LogP) is 2.88. The van der Waals surface area contributed by atoms with Crippen LogP contribution >= 0.6 is 11.6 Å². The molecule has 0 fully saturated rings. The van der Waals surface area contributed by atoms with Gasteiger partial charge in [-0.3, -0.25) is 19.1 Å². The molecular formula is C19H25ClN4O3. The van der Waals surface area contributed by atoms with Crippen LogP contribution in [0.1, 0.15) is 44.0 Å². The molecule has 27 heavy (non-hydrogen) atoms. The summed E-state index contributed by atoms with van der Waals surface area (Å²) in [7, 11) is 0. The van der Waals surface area contributed by atoms with E-state index in [2.05, 4.69) is 4.98 Å². The molecule has 0 saturated carbocycles. The third kappa shape index (κ3) is 4.80. The second kappa shape index (κ2) is 8.90. The maximum Gasteiger partial charge on any atom is 0.330 e. The molecule has 0 spiro atoms. The first-order chi connectivity index (χ1) is 12.8. The van der Waals surface area contributed by atoms with Gasteiger partial charge >= 0.3 is 5.69 Å². The standard InChI is InChI=1S/C19H25ClN4O3/c1-4-5-10-23-16(21)15(17(25)22-19(23)27)24(11-12(2)3)18(26)13-6-8-14(20)9-7-13/h6-9,12H,4-5,10-11,21H2,1-3H3,(H,22,25,27). The van der Waals surface area contributed by atoms with Gasteiger partial charge in [0.1, 0.15) is 5.82 Å². The molecule has 146 valence electrons. The zero-order valence-electron chi connectivity index (χ0n) is 15.8. The van der Waals surface area contributed by atoms with Crippen LogP contribution in [-0.4, -0.2) is 22.0 Å². The second-order valence-electron chi connectivity index (χ2n) is 6.81. The van der Waals surface area contributed by atoms with E-state index in [1.54, 1.807) is 24.3 Å². The van der Waals surface area contributed by atoms with Crippen molar-refractivity contribution < 1.29 is 4.79 Å². The molecule has 2 aromatic rings.